The van der Waals surface area contributed by atoms with E-state index in [1.807, 2.05) is 24.3 Å². The van der Waals surface area contributed by atoms with Gasteiger partial charge in [0.25, 0.3) is 5.91 Å². The minimum atomic E-state index is -0.346. The van der Waals surface area contributed by atoms with Crippen molar-refractivity contribution in [2.45, 2.75) is 18.9 Å². The lowest BCUT2D eigenvalue weighted by Gasteiger charge is -2.25. The predicted molar refractivity (Wildman–Crippen MR) is 117 cm³/mol. The number of rotatable bonds is 4. The number of hydrogen-bond donors (Lipinski definition) is 1. The molecule has 0 unspecified atom stereocenters. The van der Waals surface area contributed by atoms with Crippen LogP contribution in [0.4, 0.5) is 4.39 Å². The summed E-state index contributed by atoms with van der Waals surface area (Å²) in [6, 6.07) is 18.6. The normalized spacial score (nSPS) is 13.9. The van der Waals surface area contributed by atoms with Crippen LogP contribution in [0.15, 0.2) is 66.7 Å². The molecule has 1 aliphatic rings. The minimum Gasteiger partial charge on any atom is -0.348 e. The second kappa shape index (κ2) is 7.63. The van der Waals surface area contributed by atoms with Gasteiger partial charge < -0.3 is 5.32 Å². The monoisotopic (exact) mass is 433 g/mol. The standard InChI is InChI=1S/C24H17ClFN3O2/c25-21-4-2-1-3-19(21)23-20-10-5-14(24(31)27-16-12-18(30)13-16)11-22(20)29(28-23)17-8-6-15(26)7-9-17/h1-11,16H,12-13H2,(H,27,31). The van der Waals surface area contributed by atoms with Crippen molar-refractivity contribution in [1.82, 2.24) is 15.1 Å². The van der Waals surface area contributed by atoms with E-state index in [9.17, 15) is 14.0 Å². The Labute approximate surface area is 182 Å². The van der Waals surface area contributed by atoms with Crippen LogP contribution in [0, 0.1) is 5.82 Å². The molecule has 7 heteroatoms. The van der Waals surface area contributed by atoms with Gasteiger partial charge in [-0.2, -0.15) is 5.10 Å². The van der Waals surface area contributed by atoms with E-state index in [0.717, 1.165) is 10.9 Å². The molecule has 3 aromatic carbocycles. The van der Waals surface area contributed by atoms with Gasteiger partial charge in [0.05, 0.1) is 16.2 Å². The van der Waals surface area contributed by atoms with E-state index in [-0.39, 0.29) is 23.5 Å². The predicted octanol–water partition coefficient (Wildman–Crippen LogP) is 4.95. The molecule has 0 saturated heterocycles. The zero-order chi connectivity index (χ0) is 21.5. The molecule has 0 bridgehead atoms. The van der Waals surface area contributed by atoms with Crippen molar-refractivity contribution in [1.29, 1.82) is 0 Å². The summed E-state index contributed by atoms with van der Waals surface area (Å²) in [5.41, 5.74) is 3.24. The molecular weight excluding hydrogens is 417 g/mol. The fraction of sp³-hybridized carbons (Fsp3) is 0.125. The van der Waals surface area contributed by atoms with Crippen LogP contribution in [0.25, 0.3) is 27.8 Å². The molecule has 31 heavy (non-hydrogen) atoms. The smallest absolute Gasteiger partial charge is 0.251 e. The summed E-state index contributed by atoms with van der Waals surface area (Å²) in [5, 5.41) is 9.01. The average molecular weight is 434 g/mol. The van der Waals surface area contributed by atoms with Crippen LogP contribution in [0.5, 0.6) is 0 Å². The molecule has 1 aliphatic carbocycles. The third-order valence-corrected chi connectivity index (χ3v) is 5.76. The van der Waals surface area contributed by atoms with E-state index >= 15 is 0 Å². The quantitative estimate of drug-likeness (QED) is 0.495. The molecule has 1 heterocycles. The first kappa shape index (κ1) is 19.5. The van der Waals surface area contributed by atoms with Gasteiger partial charge in [0.1, 0.15) is 17.3 Å². The SMILES string of the molecule is O=C1CC(NC(=O)c2ccc3c(-c4ccccc4Cl)nn(-c4ccc(F)cc4)c3c2)C1. The summed E-state index contributed by atoms with van der Waals surface area (Å²) in [5.74, 6) is -0.438. The van der Waals surface area contributed by atoms with Crippen LogP contribution in [0.3, 0.4) is 0 Å². The van der Waals surface area contributed by atoms with E-state index in [0.29, 0.717) is 40.3 Å². The van der Waals surface area contributed by atoms with Crippen LogP contribution < -0.4 is 5.32 Å². The van der Waals surface area contributed by atoms with Crippen molar-refractivity contribution < 1.29 is 14.0 Å². The van der Waals surface area contributed by atoms with Crippen molar-refractivity contribution in [2.75, 3.05) is 0 Å². The number of ketones is 1. The summed E-state index contributed by atoms with van der Waals surface area (Å²) in [6.07, 6.45) is 0.746. The highest BCUT2D eigenvalue weighted by atomic mass is 35.5. The first-order valence-corrected chi connectivity index (χ1v) is 10.2. The lowest BCUT2D eigenvalue weighted by Crippen LogP contribution is -2.44. The van der Waals surface area contributed by atoms with Crippen LogP contribution in [0.2, 0.25) is 5.02 Å². The summed E-state index contributed by atoms with van der Waals surface area (Å²) in [7, 11) is 0. The number of nitrogens with one attached hydrogen (secondary N) is 1. The van der Waals surface area contributed by atoms with Crippen LogP contribution >= 0.6 is 11.6 Å². The lowest BCUT2D eigenvalue weighted by atomic mass is 9.91. The fourth-order valence-electron chi connectivity index (χ4n) is 3.75. The molecule has 1 fully saturated rings. The van der Waals surface area contributed by atoms with Crippen molar-refractivity contribution in [2.24, 2.45) is 0 Å². The Bertz CT molecular complexity index is 1320. The Hall–Kier alpha value is -3.51. The largest absolute Gasteiger partial charge is 0.348 e. The van der Waals surface area contributed by atoms with Gasteiger partial charge in [-0.05, 0) is 48.5 Å². The maximum atomic E-state index is 13.5. The maximum absolute atomic E-state index is 13.5. The molecule has 4 aromatic rings. The molecule has 1 amide bonds. The summed E-state index contributed by atoms with van der Waals surface area (Å²) < 4.78 is 15.2. The topological polar surface area (TPSA) is 64.0 Å². The third-order valence-electron chi connectivity index (χ3n) is 5.43. The number of fused-ring (bicyclic) bond motifs is 1. The number of nitrogens with zero attached hydrogens (tertiary/aromatic N) is 2. The number of amides is 1. The number of carbonyl (C=O) groups excluding carboxylic acids is 2. The highest BCUT2D eigenvalue weighted by molar-refractivity contribution is 6.33. The van der Waals surface area contributed by atoms with Crippen LogP contribution in [-0.4, -0.2) is 27.5 Å². The van der Waals surface area contributed by atoms with E-state index in [1.54, 1.807) is 35.0 Å². The number of Topliss-reactive ketones (excluding diaryl/α,β-unsaturated/α-hetero) is 1. The molecule has 5 rings (SSSR count). The van der Waals surface area contributed by atoms with Gasteiger partial charge in [-0.25, -0.2) is 9.07 Å². The second-order valence-corrected chi connectivity index (χ2v) is 7.97. The molecule has 0 atom stereocenters. The van der Waals surface area contributed by atoms with E-state index in [4.69, 9.17) is 16.7 Å². The maximum Gasteiger partial charge on any atom is 0.251 e. The third kappa shape index (κ3) is 3.59. The summed E-state index contributed by atoms with van der Waals surface area (Å²) in [4.78, 5) is 23.9. The zero-order valence-corrected chi connectivity index (χ0v) is 17.1. The van der Waals surface area contributed by atoms with Gasteiger partial charge in [-0.1, -0.05) is 29.8 Å². The zero-order valence-electron chi connectivity index (χ0n) is 16.3. The Kier molecular flexibility index (Phi) is 4.79. The van der Waals surface area contributed by atoms with E-state index < -0.39 is 0 Å². The Morgan fingerprint density at radius 2 is 1.81 bits per heavy atom. The lowest BCUT2D eigenvalue weighted by molar-refractivity contribution is -0.124. The molecule has 154 valence electrons. The van der Waals surface area contributed by atoms with E-state index in [1.165, 1.54) is 12.1 Å². The van der Waals surface area contributed by atoms with Crippen molar-refractivity contribution >= 4 is 34.2 Å². The number of carbonyl (C=O) groups is 2. The van der Waals surface area contributed by atoms with Gasteiger partial charge in [0.2, 0.25) is 0 Å². The van der Waals surface area contributed by atoms with Crippen LogP contribution in [-0.2, 0) is 4.79 Å². The van der Waals surface area contributed by atoms with Crippen molar-refractivity contribution in [3.8, 4) is 16.9 Å². The number of halogens is 2. The van der Waals surface area contributed by atoms with Gasteiger partial charge in [-0.15, -0.1) is 0 Å². The van der Waals surface area contributed by atoms with Crippen molar-refractivity contribution in [3.05, 3.63) is 83.1 Å². The molecule has 0 radical (unpaired) electrons. The molecule has 1 N–H and O–H groups in total. The first-order chi connectivity index (χ1) is 15.0. The molecular formula is C24H17ClFN3O2. The Morgan fingerprint density at radius 3 is 2.52 bits per heavy atom. The van der Waals surface area contributed by atoms with E-state index in [2.05, 4.69) is 5.32 Å². The van der Waals surface area contributed by atoms with Gasteiger partial charge in [0.15, 0.2) is 0 Å². The van der Waals surface area contributed by atoms with Gasteiger partial charge in [0, 0.05) is 35.4 Å². The van der Waals surface area contributed by atoms with Crippen LogP contribution in [0.1, 0.15) is 23.2 Å². The Balaban J connectivity index is 1.64. The number of hydrogen-bond acceptors (Lipinski definition) is 3. The molecule has 0 spiro atoms. The molecule has 1 aromatic heterocycles. The highest BCUT2D eigenvalue weighted by Crippen LogP contribution is 2.34. The molecule has 1 saturated carbocycles. The summed E-state index contributed by atoms with van der Waals surface area (Å²) >= 11 is 6.42. The summed E-state index contributed by atoms with van der Waals surface area (Å²) in [6.45, 7) is 0. The number of benzene rings is 3. The minimum absolute atomic E-state index is 0.114. The highest BCUT2D eigenvalue weighted by Gasteiger charge is 2.28. The molecule has 5 nitrogen and oxygen atoms in total. The Morgan fingerprint density at radius 1 is 1.06 bits per heavy atom. The van der Waals surface area contributed by atoms with Gasteiger partial charge in [-0.3, -0.25) is 9.59 Å². The first-order valence-electron chi connectivity index (χ1n) is 9.86. The van der Waals surface area contributed by atoms with Gasteiger partial charge >= 0.3 is 0 Å². The number of aromatic nitrogens is 2. The molecule has 0 aliphatic heterocycles. The second-order valence-electron chi connectivity index (χ2n) is 7.57. The average Bonchev–Trinajstić information content (AvgIpc) is 3.12. The fourth-order valence-corrected chi connectivity index (χ4v) is 3.97. The van der Waals surface area contributed by atoms with Crippen molar-refractivity contribution in [3.63, 3.8) is 0 Å².